The van der Waals surface area contributed by atoms with Crippen molar-refractivity contribution < 1.29 is 4.48 Å². The Kier molecular flexibility index (Phi) is 4.29. The van der Waals surface area contributed by atoms with Gasteiger partial charge in [0, 0.05) is 0 Å². The van der Waals surface area contributed by atoms with E-state index in [4.69, 9.17) is 0 Å². The Morgan fingerprint density at radius 2 is 1.62 bits per heavy atom. The molecule has 1 saturated carbocycles. The van der Waals surface area contributed by atoms with Gasteiger partial charge >= 0.3 is 0 Å². The molecule has 1 aliphatic carbocycles. The van der Waals surface area contributed by atoms with Gasteiger partial charge in [-0.15, -0.1) is 0 Å². The molecule has 0 spiro atoms. The molecule has 1 nitrogen and oxygen atoms in total. The second-order valence-corrected chi connectivity index (χ2v) is 6.42. The van der Waals surface area contributed by atoms with E-state index in [1.165, 1.54) is 75.4 Å². The van der Waals surface area contributed by atoms with Gasteiger partial charge in [0.05, 0.1) is 26.2 Å². The summed E-state index contributed by atoms with van der Waals surface area (Å²) in [5, 5.41) is 0. The van der Waals surface area contributed by atoms with Crippen molar-refractivity contribution in [1.29, 1.82) is 0 Å². The van der Waals surface area contributed by atoms with E-state index in [0.29, 0.717) is 0 Å². The van der Waals surface area contributed by atoms with Crippen LogP contribution in [-0.4, -0.2) is 30.7 Å². The predicted octanol–water partition coefficient (Wildman–Crippen LogP) is 3.98. The quantitative estimate of drug-likeness (QED) is 0.492. The van der Waals surface area contributed by atoms with Crippen LogP contribution in [0.4, 0.5) is 0 Å². The van der Waals surface area contributed by atoms with Crippen molar-refractivity contribution in [3.05, 3.63) is 0 Å². The van der Waals surface area contributed by atoms with Gasteiger partial charge < -0.3 is 4.48 Å². The van der Waals surface area contributed by atoms with Gasteiger partial charge in [0.1, 0.15) is 0 Å². The molecule has 2 rings (SSSR count). The summed E-state index contributed by atoms with van der Waals surface area (Å²) >= 11 is 0. The average molecular weight is 224 g/mol. The van der Waals surface area contributed by atoms with E-state index in [9.17, 15) is 0 Å². The standard InChI is InChI=1S/C15H30N/c1-3-14-8-7-9-15(11-10-14)16(2)12-5-4-6-13-16/h14-15H,3-13H2,1-2H3/q+1. The Balaban J connectivity index is 1.92. The van der Waals surface area contributed by atoms with Gasteiger partial charge in [-0.3, -0.25) is 0 Å². The highest BCUT2D eigenvalue weighted by Gasteiger charge is 2.35. The molecular formula is C15H30N+. The molecule has 0 amide bonds. The van der Waals surface area contributed by atoms with Crippen LogP contribution in [0, 0.1) is 5.92 Å². The predicted molar refractivity (Wildman–Crippen MR) is 70.4 cm³/mol. The zero-order valence-electron chi connectivity index (χ0n) is 11.4. The van der Waals surface area contributed by atoms with E-state index in [-0.39, 0.29) is 0 Å². The molecule has 0 aromatic rings. The second-order valence-electron chi connectivity index (χ2n) is 6.42. The molecule has 94 valence electrons. The average Bonchev–Trinajstić information content (AvgIpc) is 2.55. The highest BCUT2D eigenvalue weighted by atomic mass is 15.4. The molecule has 1 aliphatic heterocycles. The molecule has 0 N–H and O–H groups in total. The number of quaternary nitrogens is 1. The van der Waals surface area contributed by atoms with Gasteiger partial charge in [0.2, 0.25) is 0 Å². The smallest absolute Gasteiger partial charge is 0.0888 e. The first-order valence-electron chi connectivity index (χ1n) is 7.59. The van der Waals surface area contributed by atoms with Gasteiger partial charge in [0.15, 0.2) is 0 Å². The Labute approximate surface area is 102 Å². The van der Waals surface area contributed by atoms with Crippen molar-refractivity contribution >= 4 is 0 Å². The van der Waals surface area contributed by atoms with Crippen LogP contribution >= 0.6 is 0 Å². The fraction of sp³-hybridized carbons (Fsp3) is 1.00. The maximum Gasteiger partial charge on any atom is 0.0888 e. The highest BCUT2D eigenvalue weighted by molar-refractivity contribution is 4.72. The minimum Gasteiger partial charge on any atom is -0.324 e. The second kappa shape index (κ2) is 5.53. The van der Waals surface area contributed by atoms with E-state index < -0.39 is 0 Å². The van der Waals surface area contributed by atoms with Crippen molar-refractivity contribution in [3.8, 4) is 0 Å². The van der Waals surface area contributed by atoms with E-state index in [1.807, 2.05) is 0 Å². The number of piperidine rings is 1. The summed E-state index contributed by atoms with van der Waals surface area (Å²) in [5.74, 6) is 1.04. The Hall–Kier alpha value is -0.0400. The summed E-state index contributed by atoms with van der Waals surface area (Å²) in [5.41, 5.74) is 0. The Morgan fingerprint density at radius 3 is 2.31 bits per heavy atom. The molecule has 1 heteroatoms. The lowest BCUT2D eigenvalue weighted by molar-refractivity contribution is -0.938. The number of rotatable bonds is 2. The van der Waals surface area contributed by atoms with E-state index >= 15 is 0 Å². The van der Waals surface area contributed by atoms with E-state index in [0.717, 1.165) is 12.0 Å². The van der Waals surface area contributed by atoms with Crippen LogP contribution < -0.4 is 0 Å². The van der Waals surface area contributed by atoms with Crippen molar-refractivity contribution in [1.82, 2.24) is 0 Å². The van der Waals surface area contributed by atoms with Crippen LogP contribution in [0.5, 0.6) is 0 Å². The monoisotopic (exact) mass is 224 g/mol. The van der Waals surface area contributed by atoms with E-state index in [2.05, 4.69) is 14.0 Å². The lowest BCUT2D eigenvalue weighted by Crippen LogP contribution is -2.54. The number of likely N-dealkylation sites (tertiary alicyclic amines) is 1. The van der Waals surface area contributed by atoms with Crippen LogP contribution in [0.1, 0.15) is 64.7 Å². The topological polar surface area (TPSA) is 0 Å². The molecule has 0 aromatic heterocycles. The fourth-order valence-electron chi connectivity index (χ4n) is 3.99. The summed E-state index contributed by atoms with van der Waals surface area (Å²) in [6, 6.07) is 0.997. The van der Waals surface area contributed by atoms with Crippen LogP contribution in [-0.2, 0) is 0 Å². The first kappa shape index (κ1) is 12.4. The third kappa shape index (κ3) is 2.80. The van der Waals surface area contributed by atoms with Crippen molar-refractivity contribution in [2.45, 2.75) is 70.8 Å². The third-order valence-electron chi connectivity index (χ3n) is 5.35. The first-order chi connectivity index (χ1) is 7.74. The first-order valence-corrected chi connectivity index (χ1v) is 7.59. The van der Waals surface area contributed by atoms with Crippen LogP contribution in [0.15, 0.2) is 0 Å². The molecule has 1 heterocycles. The zero-order chi connectivity index (χ0) is 11.4. The lowest BCUT2D eigenvalue weighted by Gasteiger charge is -2.44. The third-order valence-corrected chi connectivity index (χ3v) is 5.35. The molecule has 16 heavy (non-hydrogen) atoms. The van der Waals surface area contributed by atoms with Gasteiger partial charge in [0.25, 0.3) is 0 Å². The van der Waals surface area contributed by atoms with Gasteiger partial charge in [-0.05, 0) is 50.9 Å². The molecule has 0 radical (unpaired) electrons. The van der Waals surface area contributed by atoms with Gasteiger partial charge in [-0.1, -0.05) is 19.8 Å². The molecule has 0 aromatic carbocycles. The Bertz CT molecular complexity index is 205. The van der Waals surface area contributed by atoms with Crippen LogP contribution in [0.3, 0.4) is 0 Å². The van der Waals surface area contributed by atoms with Crippen molar-refractivity contribution in [2.75, 3.05) is 20.1 Å². The number of hydrogen-bond donors (Lipinski definition) is 0. The number of nitrogens with zero attached hydrogens (tertiary/aromatic N) is 1. The summed E-state index contributed by atoms with van der Waals surface area (Å²) < 4.78 is 1.41. The maximum absolute atomic E-state index is 2.54. The molecule has 1 saturated heterocycles. The molecule has 2 unspecified atom stereocenters. The summed E-state index contributed by atoms with van der Waals surface area (Å²) in [4.78, 5) is 0. The van der Waals surface area contributed by atoms with Gasteiger partial charge in [-0.2, -0.15) is 0 Å². The summed E-state index contributed by atoms with van der Waals surface area (Å²) in [7, 11) is 2.54. The molecule has 2 aliphatic rings. The maximum atomic E-state index is 2.54. The minimum absolute atomic E-state index is 0.997. The zero-order valence-corrected chi connectivity index (χ0v) is 11.4. The number of hydrogen-bond acceptors (Lipinski definition) is 0. The normalized spacial score (nSPS) is 35.6. The fourth-order valence-corrected chi connectivity index (χ4v) is 3.99. The molecule has 2 fully saturated rings. The summed E-state index contributed by atoms with van der Waals surface area (Å²) in [6.07, 6.45) is 13.4. The highest BCUT2D eigenvalue weighted by Crippen LogP contribution is 2.32. The lowest BCUT2D eigenvalue weighted by atomic mass is 9.96. The molecule has 0 bridgehead atoms. The van der Waals surface area contributed by atoms with Crippen molar-refractivity contribution in [2.24, 2.45) is 5.92 Å². The largest absolute Gasteiger partial charge is 0.324 e. The molecule has 2 atom stereocenters. The van der Waals surface area contributed by atoms with E-state index in [1.54, 1.807) is 0 Å². The Morgan fingerprint density at radius 1 is 0.875 bits per heavy atom. The SMILES string of the molecule is CCC1CCCC([N+]2(C)CCCCC2)CC1. The van der Waals surface area contributed by atoms with Crippen LogP contribution in [0.25, 0.3) is 0 Å². The summed E-state index contributed by atoms with van der Waals surface area (Å²) in [6.45, 7) is 5.30. The molecular weight excluding hydrogens is 194 g/mol. The van der Waals surface area contributed by atoms with Crippen LogP contribution in [0.2, 0.25) is 0 Å². The minimum atomic E-state index is 0.997. The van der Waals surface area contributed by atoms with Gasteiger partial charge in [-0.25, -0.2) is 0 Å². The van der Waals surface area contributed by atoms with Crippen molar-refractivity contribution in [3.63, 3.8) is 0 Å².